The first-order valence-corrected chi connectivity index (χ1v) is 12.2. The van der Waals surface area contributed by atoms with Gasteiger partial charge in [0.1, 0.15) is 11.3 Å². The van der Waals surface area contributed by atoms with Gasteiger partial charge in [-0.2, -0.15) is 0 Å². The number of allylic oxidation sites excluding steroid dienone is 2. The Morgan fingerprint density at radius 1 is 1.15 bits per heavy atom. The summed E-state index contributed by atoms with van der Waals surface area (Å²) in [4.78, 5) is 28.9. The number of amides is 1. The van der Waals surface area contributed by atoms with Crippen molar-refractivity contribution < 1.29 is 4.79 Å². The van der Waals surface area contributed by atoms with E-state index in [1.807, 2.05) is 12.3 Å². The van der Waals surface area contributed by atoms with Gasteiger partial charge in [-0.05, 0) is 62.4 Å². The molecule has 2 atom stereocenters. The summed E-state index contributed by atoms with van der Waals surface area (Å²) in [6.45, 7) is 4.74. The number of carbonyl (C=O) groups excluding carboxylic acids is 1. The summed E-state index contributed by atoms with van der Waals surface area (Å²) >= 11 is 0. The molecule has 1 N–H and O–H groups in total. The molecule has 5 rings (SSSR count). The topological polar surface area (TPSA) is 65.1 Å². The van der Waals surface area contributed by atoms with Crippen molar-refractivity contribution in [3.05, 3.63) is 54.0 Å². The molecule has 1 aliphatic carbocycles. The molecule has 6 nitrogen and oxygen atoms in total. The number of hydrogen-bond acceptors (Lipinski definition) is 4. The number of hydrogen-bond donors (Lipinski definition) is 1. The minimum Gasteiger partial charge on any atom is -0.343 e. The zero-order chi connectivity index (χ0) is 22.9. The van der Waals surface area contributed by atoms with Crippen molar-refractivity contribution in [3.8, 4) is 0 Å². The van der Waals surface area contributed by atoms with Crippen molar-refractivity contribution in [1.29, 1.82) is 0 Å². The molecular weight excluding hydrogens is 410 g/mol. The second-order valence-electron chi connectivity index (χ2n) is 9.62. The van der Waals surface area contributed by atoms with Crippen LogP contribution in [0, 0.1) is 5.92 Å². The molecule has 2 unspecified atom stereocenters. The van der Waals surface area contributed by atoms with E-state index in [1.54, 1.807) is 25.2 Å². The van der Waals surface area contributed by atoms with Gasteiger partial charge in [0.05, 0.1) is 11.7 Å². The van der Waals surface area contributed by atoms with Gasteiger partial charge < -0.3 is 9.88 Å². The van der Waals surface area contributed by atoms with E-state index in [2.05, 4.69) is 51.1 Å². The van der Waals surface area contributed by atoms with E-state index in [0.29, 0.717) is 11.7 Å². The summed E-state index contributed by atoms with van der Waals surface area (Å²) in [5, 5.41) is 2.00. The summed E-state index contributed by atoms with van der Waals surface area (Å²) in [7, 11) is 3.48. The van der Waals surface area contributed by atoms with Crippen LogP contribution in [-0.2, 0) is 0 Å². The monoisotopic (exact) mass is 443 g/mol. The lowest BCUT2D eigenvalue weighted by Gasteiger charge is -2.29. The lowest BCUT2D eigenvalue weighted by atomic mass is 9.96. The van der Waals surface area contributed by atoms with Gasteiger partial charge in [-0.1, -0.05) is 31.6 Å². The predicted molar refractivity (Wildman–Crippen MR) is 134 cm³/mol. The second-order valence-corrected chi connectivity index (χ2v) is 9.62. The molecular formula is C27H33N5O. The van der Waals surface area contributed by atoms with E-state index in [-0.39, 0.29) is 5.91 Å². The highest BCUT2D eigenvalue weighted by molar-refractivity contribution is 6.08. The Morgan fingerprint density at radius 2 is 2.03 bits per heavy atom. The van der Waals surface area contributed by atoms with Crippen LogP contribution in [-0.4, -0.2) is 63.9 Å². The summed E-state index contributed by atoms with van der Waals surface area (Å²) in [5.74, 6) is 0.796. The van der Waals surface area contributed by atoms with Gasteiger partial charge in [-0.3, -0.25) is 9.69 Å². The average Bonchev–Trinajstić information content (AvgIpc) is 3.03. The normalized spacial score (nSPS) is 21.8. The molecule has 0 saturated carbocycles. The molecule has 1 saturated heterocycles. The van der Waals surface area contributed by atoms with E-state index < -0.39 is 0 Å². The Hall–Kier alpha value is -2.99. The van der Waals surface area contributed by atoms with Gasteiger partial charge >= 0.3 is 0 Å². The van der Waals surface area contributed by atoms with Crippen LogP contribution in [0.1, 0.15) is 55.1 Å². The Bertz CT molecular complexity index is 1240. The van der Waals surface area contributed by atoms with Crippen molar-refractivity contribution in [2.45, 2.75) is 45.1 Å². The minimum atomic E-state index is -0.0990. The van der Waals surface area contributed by atoms with Gasteiger partial charge in [-0.15, -0.1) is 0 Å². The smallest absolute Gasteiger partial charge is 0.271 e. The van der Waals surface area contributed by atoms with Gasteiger partial charge in [-0.25, -0.2) is 9.97 Å². The van der Waals surface area contributed by atoms with Crippen LogP contribution >= 0.6 is 0 Å². The molecule has 4 heterocycles. The zero-order valence-electron chi connectivity index (χ0n) is 19.8. The van der Waals surface area contributed by atoms with Crippen molar-refractivity contribution in [2.24, 2.45) is 5.92 Å². The minimum absolute atomic E-state index is 0.0990. The van der Waals surface area contributed by atoms with Gasteiger partial charge in [0.2, 0.25) is 0 Å². The zero-order valence-corrected chi connectivity index (χ0v) is 19.8. The molecule has 1 aliphatic heterocycles. The van der Waals surface area contributed by atoms with E-state index in [4.69, 9.17) is 0 Å². The Labute approximate surface area is 195 Å². The highest BCUT2D eigenvalue weighted by Gasteiger charge is 2.22. The summed E-state index contributed by atoms with van der Waals surface area (Å²) in [5.41, 5.74) is 4.48. The number of H-pyrrole nitrogens is 1. The summed E-state index contributed by atoms with van der Waals surface area (Å²) in [6, 6.07) is 4.55. The largest absolute Gasteiger partial charge is 0.343 e. The first kappa shape index (κ1) is 21.8. The van der Waals surface area contributed by atoms with E-state index >= 15 is 0 Å². The van der Waals surface area contributed by atoms with Crippen molar-refractivity contribution in [3.63, 3.8) is 0 Å². The van der Waals surface area contributed by atoms with Crippen molar-refractivity contribution >= 4 is 33.4 Å². The third-order valence-electron chi connectivity index (χ3n) is 7.30. The number of carbonyl (C=O) groups is 1. The Balaban J connectivity index is 1.39. The number of aromatic nitrogens is 3. The average molecular weight is 444 g/mol. The lowest BCUT2D eigenvalue weighted by molar-refractivity contribution is 0.0822. The fourth-order valence-electron chi connectivity index (χ4n) is 5.20. The molecule has 3 aromatic rings. The van der Waals surface area contributed by atoms with Gasteiger partial charge in [0.15, 0.2) is 0 Å². The van der Waals surface area contributed by atoms with Crippen LogP contribution in [0.2, 0.25) is 0 Å². The van der Waals surface area contributed by atoms with E-state index in [9.17, 15) is 4.79 Å². The highest BCUT2D eigenvalue weighted by Crippen LogP contribution is 2.30. The summed E-state index contributed by atoms with van der Waals surface area (Å²) in [6.07, 6.45) is 17.0. The number of aromatic amines is 1. The molecule has 0 spiro atoms. The number of nitrogens with one attached hydrogen (secondary N) is 1. The standard InChI is InChI=1S/C27H33N5O/c1-4-18-6-5-12-32(13-11-18)21-9-7-19(8-10-21)20-14-23-22-15-24(27(33)31(2)3)28-17-25(22)30-26(23)29-16-20/h7-9,14-18,21H,4-6,10-13H2,1-3H3,(H,29,30). The van der Waals surface area contributed by atoms with Crippen LogP contribution in [0.3, 0.4) is 0 Å². The predicted octanol–water partition coefficient (Wildman–Crippen LogP) is 5.04. The number of pyridine rings is 2. The fourth-order valence-corrected chi connectivity index (χ4v) is 5.20. The number of rotatable bonds is 4. The number of likely N-dealkylation sites (tertiary alicyclic amines) is 1. The number of nitrogens with zero attached hydrogens (tertiary/aromatic N) is 4. The third-order valence-corrected chi connectivity index (χ3v) is 7.30. The lowest BCUT2D eigenvalue weighted by Crippen LogP contribution is -2.35. The molecule has 2 aliphatic rings. The van der Waals surface area contributed by atoms with Crippen LogP contribution in [0.5, 0.6) is 0 Å². The molecule has 6 heteroatoms. The molecule has 1 fully saturated rings. The Kier molecular flexibility index (Phi) is 6.02. The van der Waals surface area contributed by atoms with Crippen LogP contribution in [0.15, 0.2) is 42.8 Å². The van der Waals surface area contributed by atoms with Gasteiger partial charge in [0, 0.05) is 42.7 Å². The molecule has 0 aromatic carbocycles. The molecule has 0 radical (unpaired) electrons. The fraction of sp³-hybridized carbons (Fsp3) is 0.444. The van der Waals surface area contributed by atoms with E-state index in [1.165, 1.54) is 44.3 Å². The quantitative estimate of drug-likeness (QED) is 0.614. The highest BCUT2D eigenvalue weighted by atomic mass is 16.2. The maximum Gasteiger partial charge on any atom is 0.271 e. The van der Waals surface area contributed by atoms with E-state index in [0.717, 1.165) is 39.8 Å². The van der Waals surface area contributed by atoms with Crippen molar-refractivity contribution in [2.75, 3.05) is 27.2 Å². The maximum absolute atomic E-state index is 12.4. The van der Waals surface area contributed by atoms with Gasteiger partial charge in [0.25, 0.3) is 5.91 Å². The van der Waals surface area contributed by atoms with Crippen LogP contribution in [0.25, 0.3) is 27.5 Å². The van der Waals surface area contributed by atoms with Crippen molar-refractivity contribution in [1.82, 2.24) is 24.8 Å². The second kappa shape index (κ2) is 9.10. The molecule has 33 heavy (non-hydrogen) atoms. The summed E-state index contributed by atoms with van der Waals surface area (Å²) < 4.78 is 0. The molecule has 172 valence electrons. The third kappa shape index (κ3) is 4.32. The van der Waals surface area contributed by atoms with Crippen LogP contribution < -0.4 is 0 Å². The molecule has 0 bridgehead atoms. The Morgan fingerprint density at radius 3 is 2.79 bits per heavy atom. The molecule has 1 amide bonds. The maximum atomic E-state index is 12.4. The molecule has 3 aromatic heterocycles. The first-order chi connectivity index (χ1) is 16.0. The van der Waals surface area contributed by atoms with Crippen LogP contribution in [0.4, 0.5) is 0 Å². The first-order valence-electron chi connectivity index (χ1n) is 12.2. The SMILES string of the molecule is CCC1CCCN(C2C=CC(c3cnc4[nH]c5cnc(C(=O)N(C)C)cc5c4c3)=CC2)CC1. The number of fused-ring (bicyclic) bond motifs is 3.